The minimum Gasteiger partial charge on any atom is -0.461 e. The van der Waals surface area contributed by atoms with E-state index in [1.54, 1.807) is 0 Å². The molecule has 4 nitrogen and oxygen atoms in total. The van der Waals surface area contributed by atoms with Crippen LogP contribution in [0.2, 0.25) is 0 Å². The third-order valence-corrected chi connectivity index (χ3v) is 15.5. The van der Waals surface area contributed by atoms with Crippen LogP contribution in [-0.2, 0) is 19.1 Å². The first-order chi connectivity index (χ1) is 17.4. The largest absolute Gasteiger partial charge is 0.461 e. The van der Waals surface area contributed by atoms with Crippen molar-refractivity contribution in [1.82, 2.24) is 0 Å². The third kappa shape index (κ3) is 10.1. The van der Waals surface area contributed by atoms with Gasteiger partial charge in [-0.3, -0.25) is 0 Å². The Hall–Kier alpha value is -0.260. The lowest BCUT2D eigenvalue weighted by Crippen LogP contribution is -2.14. The molecule has 36 heavy (non-hydrogen) atoms. The fourth-order valence-corrected chi connectivity index (χ4v) is 12.8. The van der Waals surface area contributed by atoms with Gasteiger partial charge >= 0.3 is 11.9 Å². The van der Waals surface area contributed by atoms with E-state index in [1.165, 1.54) is 23.3 Å². The van der Waals surface area contributed by atoms with Gasteiger partial charge in [-0.05, 0) is 25.0 Å². The van der Waals surface area contributed by atoms with Crippen molar-refractivity contribution in [3.63, 3.8) is 0 Å². The standard InChI is InChI=1S/C26H34O4S6/c1-5-23(27)29-11-21-13-33-25(35-21)15-31-17(3)19-7-9-20(10-8-19)18(4)32-16-26-34-14-22(36-26)12-30-24(28)6-2/h5-10,17-18,21-22,25-26H,1-2,11-16H2,3-4H3. The molecular weight excluding hydrogens is 569 g/mol. The van der Waals surface area contributed by atoms with Gasteiger partial charge in [-0.25, -0.2) is 9.59 Å². The number of esters is 2. The minimum atomic E-state index is -0.336. The van der Waals surface area contributed by atoms with E-state index in [0.29, 0.717) is 43.4 Å². The van der Waals surface area contributed by atoms with Crippen molar-refractivity contribution in [1.29, 1.82) is 0 Å². The van der Waals surface area contributed by atoms with Crippen molar-refractivity contribution in [3.8, 4) is 0 Å². The SMILES string of the molecule is C=CC(=O)OCC1CSC(CSC(C)c2ccc(C(C)SCC3SCC(COC(=O)C=C)S3)cc2)S1. The van der Waals surface area contributed by atoms with Crippen molar-refractivity contribution in [2.24, 2.45) is 0 Å². The summed E-state index contributed by atoms with van der Waals surface area (Å²) in [6, 6.07) is 9.11. The molecule has 2 fully saturated rings. The zero-order chi connectivity index (χ0) is 25.9. The zero-order valence-corrected chi connectivity index (χ0v) is 25.6. The Balaban J connectivity index is 1.34. The van der Waals surface area contributed by atoms with Crippen LogP contribution in [0.3, 0.4) is 0 Å². The minimum absolute atomic E-state index is 0.336. The molecule has 0 aliphatic carbocycles. The number of carbonyl (C=O) groups excluding carboxylic acids is 2. The van der Waals surface area contributed by atoms with Gasteiger partial charge in [0, 0.05) is 56.2 Å². The number of carbonyl (C=O) groups is 2. The molecule has 0 N–H and O–H groups in total. The van der Waals surface area contributed by atoms with Crippen molar-refractivity contribution in [2.75, 3.05) is 36.2 Å². The summed E-state index contributed by atoms with van der Waals surface area (Å²) in [4.78, 5) is 22.5. The van der Waals surface area contributed by atoms with Gasteiger partial charge in [-0.15, -0.1) is 47.0 Å². The number of hydrogen-bond acceptors (Lipinski definition) is 10. The van der Waals surface area contributed by atoms with Gasteiger partial charge in [0.15, 0.2) is 0 Å². The smallest absolute Gasteiger partial charge is 0.330 e. The van der Waals surface area contributed by atoms with Gasteiger partial charge in [-0.2, -0.15) is 23.5 Å². The summed E-state index contributed by atoms with van der Waals surface area (Å²) in [5.74, 6) is 3.55. The lowest BCUT2D eigenvalue weighted by molar-refractivity contribution is -0.138. The van der Waals surface area contributed by atoms with Crippen LogP contribution < -0.4 is 0 Å². The number of hydrogen-bond donors (Lipinski definition) is 0. The molecule has 0 spiro atoms. The summed E-state index contributed by atoms with van der Waals surface area (Å²) < 4.78 is 11.5. The second-order valence-electron chi connectivity index (χ2n) is 8.33. The molecule has 0 aromatic heterocycles. The van der Waals surface area contributed by atoms with Crippen LogP contribution in [0.15, 0.2) is 49.6 Å². The van der Waals surface area contributed by atoms with Gasteiger partial charge in [0.2, 0.25) is 0 Å². The lowest BCUT2D eigenvalue weighted by Gasteiger charge is -2.17. The number of benzene rings is 1. The Morgan fingerprint density at radius 1 is 0.861 bits per heavy atom. The average Bonchev–Trinajstić information content (AvgIpc) is 3.56. The molecule has 0 saturated carbocycles. The zero-order valence-electron chi connectivity index (χ0n) is 20.7. The van der Waals surface area contributed by atoms with Crippen LogP contribution in [0.25, 0.3) is 0 Å². The highest BCUT2D eigenvalue weighted by molar-refractivity contribution is 8.22. The van der Waals surface area contributed by atoms with Gasteiger partial charge in [0.05, 0.1) is 9.16 Å². The van der Waals surface area contributed by atoms with E-state index in [-0.39, 0.29) is 11.9 Å². The molecule has 0 radical (unpaired) electrons. The second-order valence-corrected chi connectivity index (χ2v) is 17.2. The van der Waals surface area contributed by atoms with Gasteiger partial charge in [-0.1, -0.05) is 37.4 Å². The van der Waals surface area contributed by atoms with E-state index in [1.807, 2.05) is 70.6 Å². The summed E-state index contributed by atoms with van der Waals surface area (Å²) in [5.41, 5.74) is 2.73. The summed E-state index contributed by atoms with van der Waals surface area (Å²) in [6.07, 6.45) is 2.45. The van der Waals surface area contributed by atoms with Crippen LogP contribution in [0.4, 0.5) is 0 Å². The van der Waals surface area contributed by atoms with E-state index in [9.17, 15) is 9.59 Å². The Morgan fingerprint density at radius 2 is 1.25 bits per heavy atom. The Bertz CT molecular complexity index is 809. The summed E-state index contributed by atoms with van der Waals surface area (Å²) in [7, 11) is 0. The molecule has 3 rings (SSSR count). The summed E-state index contributed by atoms with van der Waals surface area (Å²) >= 11 is 11.8. The van der Waals surface area contributed by atoms with E-state index in [2.05, 4.69) is 51.3 Å². The topological polar surface area (TPSA) is 52.6 Å². The van der Waals surface area contributed by atoms with Crippen LogP contribution >= 0.6 is 70.6 Å². The van der Waals surface area contributed by atoms with Gasteiger partial charge < -0.3 is 9.47 Å². The molecule has 1 aromatic rings. The van der Waals surface area contributed by atoms with E-state index in [0.717, 1.165) is 23.0 Å². The molecule has 10 heteroatoms. The highest BCUT2D eigenvalue weighted by Gasteiger charge is 2.28. The van der Waals surface area contributed by atoms with Crippen molar-refractivity contribution in [3.05, 3.63) is 60.7 Å². The molecule has 0 bridgehead atoms. The van der Waals surface area contributed by atoms with Crippen LogP contribution in [0, 0.1) is 0 Å². The van der Waals surface area contributed by atoms with Crippen LogP contribution in [-0.4, -0.2) is 67.8 Å². The fourth-order valence-electron chi connectivity index (χ4n) is 3.51. The highest BCUT2D eigenvalue weighted by atomic mass is 32.2. The average molecular weight is 603 g/mol. The monoisotopic (exact) mass is 602 g/mol. The fraction of sp³-hybridized carbons (Fsp3) is 0.538. The van der Waals surface area contributed by atoms with E-state index < -0.39 is 0 Å². The second kappa shape index (κ2) is 16.0. The molecule has 198 valence electrons. The maximum atomic E-state index is 11.3. The first-order valence-electron chi connectivity index (χ1n) is 11.8. The van der Waals surface area contributed by atoms with E-state index >= 15 is 0 Å². The molecule has 2 aliphatic heterocycles. The maximum absolute atomic E-state index is 11.3. The van der Waals surface area contributed by atoms with Gasteiger partial charge in [0.1, 0.15) is 13.2 Å². The molecule has 6 unspecified atom stereocenters. The molecule has 2 saturated heterocycles. The quantitative estimate of drug-likeness (QED) is 0.163. The number of ether oxygens (including phenoxy) is 2. The molecule has 2 heterocycles. The molecule has 0 amide bonds. The first kappa shape index (κ1) is 30.3. The highest BCUT2D eigenvalue weighted by Crippen LogP contribution is 2.44. The van der Waals surface area contributed by atoms with Crippen molar-refractivity contribution < 1.29 is 19.1 Å². The Labute approximate surface area is 241 Å². The van der Waals surface area contributed by atoms with Crippen LogP contribution in [0.1, 0.15) is 35.5 Å². The first-order valence-corrected chi connectivity index (χ1v) is 17.9. The molecular formula is C26H34O4S6. The summed E-state index contributed by atoms with van der Waals surface area (Å²) in [6.45, 7) is 12.4. The predicted octanol–water partition coefficient (Wildman–Crippen LogP) is 7.08. The molecule has 1 aromatic carbocycles. The van der Waals surface area contributed by atoms with E-state index in [4.69, 9.17) is 9.47 Å². The molecule has 2 aliphatic rings. The Morgan fingerprint density at radius 3 is 1.61 bits per heavy atom. The number of rotatable bonds is 14. The van der Waals surface area contributed by atoms with Gasteiger partial charge in [0.25, 0.3) is 0 Å². The third-order valence-electron chi connectivity index (χ3n) is 5.62. The maximum Gasteiger partial charge on any atom is 0.330 e. The summed E-state index contributed by atoms with van der Waals surface area (Å²) in [5, 5.41) is 1.64. The Kier molecular flexibility index (Phi) is 13.4. The van der Waals surface area contributed by atoms with Crippen molar-refractivity contribution >= 4 is 82.5 Å². The predicted molar refractivity (Wildman–Crippen MR) is 166 cm³/mol. The van der Waals surface area contributed by atoms with Crippen molar-refractivity contribution in [2.45, 2.75) is 44.0 Å². The number of thioether (sulfide) groups is 6. The molecule has 6 atom stereocenters. The normalized spacial score (nSPS) is 25.2. The lowest BCUT2D eigenvalue weighted by atomic mass is 10.1. The van der Waals surface area contributed by atoms with Crippen LogP contribution in [0.5, 0.6) is 0 Å².